The molecule has 132 valence electrons. The Labute approximate surface area is 147 Å². The van der Waals surface area contributed by atoms with Crippen LogP contribution in [-0.2, 0) is 14.6 Å². The second-order valence-electron chi connectivity index (χ2n) is 6.73. The Kier molecular flexibility index (Phi) is 5.18. The van der Waals surface area contributed by atoms with E-state index in [1.54, 1.807) is 24.3 Å². The number of benzene rings is 1. The Balaban J connectivity index is 1.94. The van der Waals surface area contributed by atoms with Gasteiger partial charge in [0.05, 0.1) is 23.7 Å². The van der Waals surface area contributed by atoms with Crippen LogP contribution in [0.2, 0.25) is 5.02 Å². The zero-order valence-corrected chi connectivity index (χ0v) is 15.0. The van der Waals surface area contributed by atoms with Gasteiger partial charge in [-0.3, -0.25) is 4.79 Å². The summed E-state index contributed by atoms with van der Waals surface area (Å²) < 4.78 is 23.8. The van der Waals surface area contributed by atoms with Gasteiger partial charge in [-0.25, -0.2) is 8.42 Å². The summed E-state index contributed by atoms with van der Waals surface area (Å²) in [6, 6.07) is 6.04. The average molecular weight is 372 g/mol. The van der Waals surface area contributed by atoms with Gasteiger partial charge in [0.15, 0.2) is 9.84 Å². The SMILES string of the molecule is O=C(C1CCCCC1)N(c1ccc(Cl)cc1)[C@H]1CS(=O)(=O)C[C@H]1O. The van der Waals surface area contributed by atoms with E-state index in [-0.39, 0.29) is 23.3 Å². The van der Waals surface area contributed by atoms with Crippen molar-refractivity contribution in [2.45, 2.75) is 44.2 Å². The topological polar surface area (TPSA) is 74.7 Å². The summed E-state index contributed by atoms with van der Waals surface area (Å²) in [5.41, 5.74) is 0.594. The van der Waals surface area contributed by atoms with Gasteiger partial charge in [-0.05, 0) is 37.1 Å². The van der Waals surface area contributed by atoms with Crippen molar-refractivity contribution in [3.8, 4) is 0 Å². The molecule has 0 radical (unpaired) electrons. The first-order chi connectivity index (χ1) is 11.4. The molecule has 2 fully saturated rings. The molecule has 1 saturated carbocycles. The van der Waals surface area contributed by atoms with E-state index in [4.69, 9.17) is 11.6 Å². The number of halogens is 1. The molecule has 1 aliphatic heterocycles. The van der Waals surface area contributed by atoms with Crippen LogP contribution >= 0.6 is 11.6 Å². The largest absolute Gasteiger partial charge is 0.390 e. The molecule has 1 aromatic carbocycles. The zero-order chi connectivity index (χ0) is 17.3. The summed E-state index contributed by atoms with van der Waals surface area (Å²) in [6.45, 7) is 0. The quantitative estimate of drug-likeness (QED) is 0.885. The second-order valence-corrected chi connectivity index (χ2v) is 9.32. The van der Waals surface area contributed by atoms with Crippen LogP contribution in [0.3, 0.4) is 0 Å². The number of amides is 1. The van der Waals surface area contributed by atoms with E-state index in [9.17, 15) is 18.3 Å². The molecule has 0 spiro atoms. The highest BCUT2D eigenvalue weighted by Crippen LogP contribution is 2.32. The minimum atomic E-state index is -3.34. The van der Waals surface area contributed by atoms with Crippen molar-refractivity contribution < 1.29 is 18.3 Å². The van der Waals surface area contributed by atoms with Crippen molar-refractivity contribution in [2.75, 3.05) is 16.4 Å². The lowest BCUT2D eigenvalue weighted by atomic mass is 9.87. The Bertz CT molecular complexity index is 698. The van der Waals surface area contributed by atoms with Crippen molar-refractivity contribution in [3.05, 3.63) is 29.3 Å². The number of hydrogen-bond acceptors (Lipinski definition) is 4. The molecule has 1 saturated heterocycles. The molecule has 1 aromatic rings. The van der Waals surface area contributed by atoms with E-state index in [1.165, 1.54) is 4.90 Å². The molecule has 2 aliphatic rings. The molecule has 1 heterocycles. The molecule has 0 unspecified atom stereocenters. The maximum Gasteiger partial charge on any atom is 0.230 e. The minimum Gasteiger partial charge on any atom is -0.390 e. The van der Waals surface area contributed by atoms with Crippen molar-refractivity contribution in [3.63, 3.8) is 0 Å². The third-order valence-electron chi connectivity index (χ3n) is 4.92. The van der Waals surface area contributed by atoms with Crippen LogP contribution in [0.4, 0.5) is 5.69 Å². The lowest BCUT2D eigenvalue weighted by Crippen LogP contribution is -2.49. The van der Waals surface area contributed by atoms with Crippen molar-refractivity contribution in [2.24, 2.45) is 5.92 Å². The molecular weight excluding hydrogens is 350 g/mol. The molecule has 0 aromatic heterocycles. The van der Waals surface area contributed by atoms with Gasteiger partial charge in [0.2, 0.25) is 5.91 Å². The summed E-state index contributed by atoms with van der Waals surface area (Å²) in [4.78, 5) is 14.6. The zero-order valence-electron chi connectivity index (χ0n) is 13.4. The van der Waals surface area contributed by atoms with Crippen LogP contribution < -0.4 is 4.90 Å². The number of sulfone groups is 1. The Morgan fingerprint density at radius 2 is 1.71 bits per heavy atom. The number of carbonyl (C=O) groups is 1. The van der Waals surface area contributed by atoms with E-state index in [1.807, 2.05) is 0 Å². The fourth-order valence-electron chi connectivity index (χ4n) is 3.69. The molecule has 5 nitrogen and oxygen atoms in total. The number of anilines is 1. The Morgan fingerprint density at radius 1 is 1.08 bits per heavy atom. The number of hydrogen-bond donors (Lipinski definition) is 1. The molecule has 0 bridgehead atoms. The van der Waals surface area contributed by atoms with E-state index < -0.39 is 22.0 Å². The maximum absolute atomic E-state index is 13.1. The fraction of sp³-hybridized carbons (Fsp3) is 0.588. The summed E-state index contributed by atoms with van der Waals surface area (Å²) in [5.74, 6) is -0.683. The van der Waals surface area contributed by atoms with Gasteiger partial charge in [-0.15, -0.1) is 0 Å². The number of rotatable bonds is 3. The molecule has 7 heteroatoms. The predicted molar refractivity (Wildman–Crippen MR) is 94.0 cm³/mol. The highest BCUT2D eigenvalue weighted by atomic mass is 35.5. The fourth-order valence-corrected chi connectivity index (χ4v) is 5.58. The number of aliphatic hydroxyl groups is 1. The van der Waals surface area contributed by atoms with Gasteiger partial charge in [0.25, 0.3) is 0 Å². The number of carbonyl (C=O) groups excluding carboxylic acids is 1. The number of aliphatic hydroxyl groups excluding tert-OH is 1. The second kappa shape index (κ2) is 7.02. The van der Waals surface area contributed by atoms with Gasteiger partial charge >= 0.3 is 0 Å². The predicted octanol–water partition coefficient (Wildman–Crippen LogP) is 2.41. The third-order valence-corrected chi connectivity index (χ3v) is 6.87. The van der Waals surface area contributed by atoms with E-state index in [0.29, 0.717) is 10.7 Å². The first kappa shape index (κ1) is 17.7. The Morgan fingerprint density at radius 3 is 2.25 bits per heavy atom. The van der Waals surface area contributed by atoms with Crippen LogP contribution in [0.25, 0.3) is 0 Å². The lowest BCUT2D eigenvalue weighted by Gasteiger charge is -2.34. The third kappa shape index (κ3) is 3.76. The van der Waals surface area contributed by atoms with Gasteiger partial charge in [-0.1, -0.05) is 30.9 Å². The van der Waals surface area contributed by atoms with E-state index >= 15 is 0 Å². The van der Waals surface area contributed by atoms with Crippen molar-refractivity contribution in [1.82, 2.24) is 0 Å². The van der Waals surface area contributed by atoms with Gasteiger partial charge < -0.3 is 10.0 Å². The summed E-state index contributed by atoms with van der Waals surface area (Å²) in [7, 11) is -3.34. The molecule has 1 N–H and O–H groups in total. The highest BCUT2D eigenvalue weighted by molar-refractivity contribution is 7.91. The normalized spacial score (nSPS) is 27.1. The van der Waals surface area contributed by atoms with Crippen LogP contribution in [-0.4, -0.2) is 43.1 Å². The van der Waals surface area contributed by atoms with E-state index in [2.05, 4.69) is 0 Å². The first-order valence-corrected chi connectivity index (χ1v) is 10.5. The van der Waals surface area contributed by atoms with E-state index in [0.717, 1.165) is 32.1 Å². The summed E-state index contributed by atoms with van der Waals surface area (Å²) in [5, 5.41) is 10.8. The maximum atomic E-state index is 13.1. The monoisotopic (exact) mass is 371 g/mol. The molecule has 1 amide bonds. The first-order valence-electron chi connectivity index (χ1n) is 8.34. The molecule has 3 rings (SSSR count). The van der Waals surface area contributed by atoms with Crippen LogP contribution in [0.5, 0.6) is 0 Å². The lowest BCUT2D eigenvalue weighted by molar-refractivity contribution is -0.124. The van der Waals surface area contributed by atoms with Crippen LogP contribution in [0, 0.1) is 5.92 Å². The molecule has 2 atom stereocenters. The summed E-state index contributed by atoms with van der Waals surface area (Å²) >= 11 is 5.93. The van der Waals surface area contributed by atoms with Gasteiger partial charge in [0, 0.05) is 16.6 Å². The van der Waals surface area contributed by atoms with Crippen molar-refractivity contribution in [1.29, 1.82) is 0 Å². The van der Waals surface area contributed by atoms with Crippen molar-refractivity contribution >= 4 is 33.0 Å². The highest BCUT2D eigenvalue weighted by Gasteiger charge is 2.43. The average Bonchev–Trinajstić information content (AvgIpc) is 2.83. The molecule has 24 heavy (non-hydrogen) atoms. The van der Waals surface area contributed by atoms with Crippen LogP contribution in [0.15, 0.2) is 24.3 Å². The Hall–Kier alpha value is -1.11. The number of nitrogens with zero attached hydrogens (tertiary/aromatic N) is 1. The minimum absolute atomic E-state index is 0.0850. The standard InChI is InChI=1S/C17H22ClNO4S/c18-13-6-8-14(9-7-13)19(15-10-24(22,23)11-16(15)20)17(21)12-4-2-1-3-5-12/h6-9,12,15-16,20H,1-5,10-11H2/t15-,16+/m0/s1. The van der Waals surface area contributed by atoms with Crippen LogP contribution in [0.1, 0.15) is 32.1 Å². The molecule has 1 aliphatic carbocycles. The van der Waals surface area contributed by atoms with Gasteiger partial charge in [0.1, 0.15) is 0 Å². The van der Waals surface area contributed by atoms with Gasteiger partial charge in [-0.2, -0.15) is 0 Å². The smallest absolute Gasteiger partial charge is 0.230 e. The summed E-state index contributed by atoms with van der Waals surface area (Å²) in [6.07, 6.45) is 3.73. The molecular formula is C17H22ClNO4S.